The van der Waals surface area contributed by atoms with Crippen LogP contribution in [0.15, 0.2) is 30.3 Å². The number of benzene rings is 1. The highest BCUT2D eigenvalue weighted by atomic mass is 19.3. The summed E-state index contributed by atoms with van der Waals surface area (Å²) in [6, 6.07) is 1.33. The Hall–Kier alpha value is -2.05. The van der Waals surface area contributed by atoms with E-state index in [2.05, 4.69) is 0 Å². The molecule has 17 heavy (non-hydrogen) atoms. The highest BCUT2D eigenvalue weighted by molar-refractivity contribution is 5.92. The van der Waals surface area contributed by atoms with E-state index >= 15 is 0 Å². The molecule has 2 amide bonds. The number of para-hydroxylation sites is 1. The number of amides is 2. The lowest BCUT2D eigenvalue weighted by Gasteiger charge is -2.23. The van der Waals surface area contributed by atoms with E-state index in [0.717, 1.165) is 7.05 Å². The van der Waals surface area contributed by atoms with E-state index < -0.39 is 17.2 Å². The van der Waals surface area contributed by atoms with Crippen molar-refractivity contribution in [3.63, 3.8) is 0 Å². The van der Waals surface area contributed by atoms with Crippen LogP contribution in [-0.2, 0) is 4.79 Å². The number of hydrogen-bond donors (Lipinski definition) is 0. The van der Waals surface area contributed by atoms with Crippen molar-refractivity contribution in [2.75, 3.05) is 11.9 Å². The molecule has 4 nitrogen and oxygen atoms in total. The van der Waals surface area contributed by atoms with Crippen LogP contribution >= 0.6 is 0 Å². The number of carbonyl (C=O) groups is 1. The summed E-state index contributed by atoms with van der Waals surface area (Å²) in [6.45, 7) is 0. The third-order valence-corrected chi connectivity index (χ3v) is 1.97. The van der Waals surface area contributed by atoms with Crippen LogP contribution < -0.4 is 4.90 Å². The van der Waals surface area contributed by atoms with Crippen molar-refractivity contribution in [1.29, 1.82) is 0 Å². The molecule has 0 heterocycles. The molecule has 1 rings (SSSR count). The van der Waals surface area contributed by atoms with Gasteiger partial charge in [0.05, 0.1) is 0 Å². The quantitative estimate of drug-likeness (QED) is 0.604. The van der Waals surface area contributed by atoms with Crippen LogP contribution in [-0.4, -0.2) is 30.5 Å². The molecule has 0 spiro atoms. The lowest BCUT2D eigenvalue weighted by atomic mass is 10.3. The monoisotopic (exact) mass is 245 g/mol. The molecule has 0 saturated heterocycles. The highest BCUT2D eigenvalue weighted by Crippen LogP contribution is 2.21. The molecule has 0 bridgehead atoms. The van der Waals surface area contributed by atoms with E-state index in [1.54, 1.807) is 18.2 Å². The third-order valence-electron chi connectivity index (χ3n) is 1.97. The summed E-state index contributed by atoms with van der Waals surface area (Å²) in [5, 5.41) is -1.47. The van der Waals surface area contributed by atoms with Gasteiger partial charge in [0.1, 0.15) is 0 Å². The minimum Gasteiger partial charge on any atom is -0.295 e. The van der Waals surface area contributed by atoms with Gasteiger partial charge < -0.3 is 0 Å². The molecule has 0 unspecified atom stereocenters. The number of anilines is 1. The van der Waals surface area contributed by atoms with E-state index in [4.69, 9.17) is 0 Å². The van der Waals surface area contributed by atoms with Crippen molar-refractivity contribution in [2.45, 2.75) is 6.05 Å². The van der Waals surface area contributed by atoms with Crippen molar-refractivity contribution >= 4 is 18.0 Å². The fourth-order valence-electron chi connectivity index (χ4n) is 1.05. The van der Waals surface area contributed by atoms with E-state index in [1.165, 1.54) is 12.1 Å². The first-order valence-corrected chi connectivity index (χ1v) is 4.46. The fourth-order valence-corrected chi connectivity index (χ4v) is 1.05. The van der Waals surface area contributed by atoms with Crippen LogP contribution in [0.1, 0.15) is 0 Å². The average Bonchev–Trinajstić information content (AvgIpc) is 2.37. The Morgan fingerprint density at radius 1 is 1.29 bits per heavy atom. The topological polar surface area (TPSA) is 40.6 Å². The van der Waals surface area contributed by atoms with Crippen LogP contribution in [0.25, 0.3) is 0 Å². The van der Waals surface area contributed by atoms with Crippen molar-refractivity contribution < 1.29 is 22.9 Å². The molecule has 0 aliphatic carbocycles. The van der Waals surface area contributed by atoms with Gasteiger partial charge in [0.15, 0.2) is 0 Å². The summed E-state index contributed by atoms with van der Waals surface area (Å²) < 4.78 is 38.0. The fraction of sp³-hybridized carbons (Fsp3) is 0.200. The SMILES string of the molecule is CN(C(=O)N(F)C(F)(F)[C]=O)c1ccccc1. The molecular weight excluding hydrogens is 237 g/mol. The zero-order valence-corrected chi connectivity index (χ0v) is 8.73. The molecule has 0 aliphatic rings. The first-order chi connectivity index (χ1) is 7.90. The summed E-state index contributed by atoms with van der Waals surface area (Å²) in [5.74, 6) is 0. The molecule has 0 atom stereocenters. The van der Waals surface area contributed by atoms with Gasteiger partial charge in [0.25, 0.3) is 0 Å². The highest BCUT2D eigenvalue weighted by Gasteiger charge is 2.44. The van der Waals surface area contributed by atoms with Crippen LogP contribution in [0.3, 0.4) is 0 Å². The van der Waals surface area contributed by atoms with Crippen molar-refractivity contribution in [3.05, 3.63) is 30.3 Å². The van der Waals surface area contributed by atoms with Gasteiger partial charge in [0.2, 0.25) is 0 Å². The normalized spacial score (nSPS) is 10.8. The van der Waals surface area contributed by atoms with E-state index in [9.17, 15) is 22.9 Å². The number of nitrogens with zero attached hydrogens (tertiary/aromatic N) is 2. The van der Waals surface area contributed by atoms with Crippen LogP contribution in [0.5, 0.6) is 0 Å². The van der Waals surface area contributed by atoms with Crippen LogP contribution in [0.4, 0.5) is 23.7 Å². The van der Waals surface area contributed by atoms with Gasteiger partial charge >= 0.3 is 18.4 Å². The number of rotatable bonds is 3. The molecule has 0 N–H and O–H groups in total. The third kappa shape index (κ3) is 2.74. The zero-order valence-electron chi connectivity index (χ0n) is 8.73. The standard InChI is InChI=1S/C10H8F3N2O2/c1-14(8-5-3-2-4-6-8)9(17)15(13)10(11,12)7-16/h2-6H,1H3. The smallest absolute Gasteiger partial charge is 0.295 e. The maximum Gasteiger partial charge on any atom is 0.422 e. The number of alkyl halides is 2. The molecular formula is C10H8F3N2O2. The second-order valence-corrected chi connectivity index (χ2v) is 3.10. The maximum absolute atomic E-state index is 12.9. The Balaban J connectivity index is 2.88. The Morgan fingerprint density at radius 2 is 1.82 bits per heavy atom. The van der Waals surface area contributed by atoms with Crippen LogP contribution in [0.2, 0.25) is 0 Å². The van der Waals surface area contributed by atoms with Crippen molar-refractivity contribution in [1.82, 2.24) is 5.12 Å². The van der Waals surface area contributed by atoms with Gasteiger partial charge in [-0.2, -0.15) is 8.78 Å². The first kappa shape index (κ1) is 13.0. The molecule has 0 aromatic heterocycles. The van der Waals surface area contributed by atoms with Crippen molar-refractivity contribution in [3.8, 4) is 0 Å². The largest absolute Gasteiger partial charge is 0.422 e. The van der Waals surface area contributed by atoms with Gasteiger partial charge in [-0.15, -0.1) is 0 Å². The number of urea groups is 1. The van der Waals surface area contributed by atoms with Gasteiger partial charge in [-0.05, 0) is 12.1 Å². The molecule has 0 saturated carbocycles. The van der Waals surface area contributed by atoms with E-state index in [-0.39, 0.29) is 12.0 Å². The molecule has 1 radical (unpaired) electrons. The lowest BCUT2D eigenvalue weighted by molar-refractivity contribution is -0.149. The first-order valence-electron chi connectivity index (χ1n) is 4.46. The Kier molecular flexibility index (Phi) is 3.72. The lowest BCUT2D eigenvalue weighted by Crippen LogP contribution is -2.47. The molecule has 0 fully saturated rings. The Morgan fingerprint density at radius 3 is 2.29 bits per heavy atom. The van der Waals surface area contributed by atoms with E-state index in [0.29, 0.717) is 4.90 Å². The summed E-state index contributed by atoms with van der Waals surface area (Å²) in [4.78, 5) is 21.7. The van der Waals surface area contributed by atoms with Crippen molar-refractivity contribution in [2.24, 2.45) is 0 Å². The van der Waals surface area contributed by atoms with Crippen LogP contribution in [0, 0.1) is 0 Å². The Bertz CT molecular complexity index is 411. The van der Waals surface area contributed by atoms with Gasteiger partial charge in [-0.25, -0.2) is 4.79 Å². The summed E-state index contributed by atoms with van der Waals surface area (Å²) >= 11 is 0. The number of hydrogen-bond acceptors (Lipinski definition) is 2. The molecule has 7 heteroatoms. The average molecular weight is 245 g/mol. The predicted molar refractivity (Wildman–Crippen MR) is 53.8 cm³/mol. The second-order valence-electron chi connectivity index (χ2n) is 3.10. The van der Waals surface area contributed by atoms with Gasteiger partial charge in [0, 0.05) is 12.7 Å². The predicted octanol–water partition coefficient (Wildman–Crippen LogP) is 2.13. The maximum atomic E-state index is 12.9. The van der Waals surface area contributed by atoms with E-state index in [1.807, 2.05) is 0 Å². The van der Waals surface area contributed by atoms with Gasteiger partial charge in [-0.3, -0.25) is 9.69 Å². The minimum absolute atomic E-state index is 0.148. The zero-order chi connectivity index (χ0) is 13.1. The summed E-state index contributed by atoms with van der Waals surface area (Å²) in [7, 11) is 1.10. The molecule has 1 aromatic carbocycles. The Labute approximate surface area is 95.2 Å². The number of halogens is 3. The summed E-state index contributed by atoms with van der Waals surface area (Å²) in [5.41, 5.74) is 0.210. The van der Waals surface area contributed by atoms with Gasteiger partial charge in [-0.1, -0.05) is 27.8 Å². The number of carbonyl (C=O) groups excluding carboxylic acids is 2. The second kappa shape index (κ2) is 4.86. The molecule has 1 aromatic rings. The summed E-state index contributed by atoms with van der Waals surface area (Å²) in [6.07, 6.45) is 0.148. The minimum atomic E-state index is -4.60. The molecule has 91 valence electrons. The molecule has 0 aliphatic heterocycles.